The number of allylic oxidation sites excluding steroid dienone is 2. The topological polar surface area (TPSA) is 35.2 Å². The van der Waals surface area contributed by atoms with E-state index in [1.807, 2.05) is 6.08 Å². The van der Waals surface area contributed by atoms with Gasteiger partial charge in [0.25, 0.3) is 0 Å². The summed E-state index contributed by atoms with van der Waals surface area (Å²) in [6.45, 7) is 0.808. The molecule has 0 saturated heterocycles. The molecule has 0 bridgehead atoms. The molecule has 0 aromatic rings. The molecule has 0 radical (unpaired) electrons. The third kappa shape index (κ3) is 0.713. The van der Waals surface area contributed by atoms with Crippen LogP contribution in [-0.4, -0.2) is 18.8 Å². The number of hydrogen-bond acceptors (Lipinski definition) is 2. The first-order valence-corrected chi connectivity index (χ1v) is 4.34. The highest BCUT2D eigenvalue weighted by Crippen LogP contribution is 2.45. The van der Waals surface area contributed by atoms with E-state index in [2.05, 4.69) is 18.2 Å². The van der Waals surface area contributed by atoms with Gasteiger partial charge < -0.3 is 10.5 Å². The Morgan fingerprint density at radius 2 is 2.33 bits per heavy atom. The van der Waals surface area contributed by atoms with Gasteiger partial charge in [0.15, 0.2) is 0 Å². The predicted molar refractivity (Wildman–Crippen MR) is 46.5 cm³/mol. The summed E-state index contributed by atoms with van der Waals surface area (Å²) in [5.74, 6) is 0.521. The molecule has 3 atom stereocenters. The summed E-state index contributed by atoms with van der Waals surface area (Å²) in [5.41, 5.74) is 8.61. The second kappa shape index (κ2) is 2.09. The molecule has 3 rings (SSSR count). The third-order valence-corrected chi connectivity index (χ3v) is 2.85. The summed E-state index contributed by atoms with van der Waals surface area (Å²) in [4.78, 5) is 0. The van der Waals surface area contributed by atoms with Gasteiger partial charge in [-0.15, -0.1) is 0 Å². The fourth-order valence-electron chi connectivity index (χ4n) is 2.08. The fraction of sp³-hybridized carbons (Fsp3) is 0.400. The van der Waals surface area contributed by atoms with E-state index in [0.717, 1.165) is 6.61 Å². The highest BCUT2D eigenvalue weighted by Gasteiger charge is 2.47. The van der Waals surface area contributed by atoms with Crippen LogP contribution in [-0.2, 0) is 4.74 Å². The third-order valence-electron chi connectivity index (χ3n) is 2.85. The van der Waals surface area contributed by atoms with Gasteiger partial charge in [0.2, 0.25) is 0 Å². The van der Waals surface area contributed by atoms with Crippen LogP contribution in [0.5, 0.6) is 0 Å². The van der Waals surface area contributed by atoms with Gasteiger partial charge in [0.05, 0.1) is 6.61 Å². The Hall–Kier alpha value is -0.860. The van der Waals surface area contributed by atoms with E-state index < -0.39 is 0 Å². The van der Waals surface area contributed by atoms with Crippen molar-refractivity contribution >= 4 is 0 Å². The van der Waals surface area contributed by atoms with Crippen molar-refractivity contribution in [2.75, 3.05) is 6.61 Å². The van der Waals surface area contributed by atoms with Crippen molar-refractivity contribution in [2.45, 2.75) is 12.1 Å². The standard InChI is InChI=1S/C10H11NO/c11-10-7-5-12-8-4-2-1-3-6(8)9(7)10/h1-4,7-8,10H,5,11H2. The summed E-state index contributed by atoms with van der Waals surface area (Å²) in [6, 6.07) is 0.279. The van der Waals surface area contributed by atoms with Crippen LogP contribution in [0.3, 0.4) is 0 Å². The maximum Gasteiger partial charge on any atom is 0.101 e. The van der Waals surface area contributed by atoms with E-state index in [1.165, 1.54) is 11.1 Å². The molecule has 2 aliphatic carbocycles. The van der Waals surface area contributed by atoms with Gasteiger partial charge in [0.1, 0.15) is 6.10 Å². The highest BCUT2D eigenvalue weighted by atomic mass is 16.5. The van der Waals surface area contributed by atoms with Crippen LogP contribution in [0.1, 0.15) is 0 Å². The zero-order valence-electron chi connectivity index (χ0n) is 6.73. The zero-order chi connectivity index (χ0) is 8.13. The number of rotatable bonds is 0. The molecule has 2 nitrogen and oxygen atoms in total. The number of hydrogen-bond donors (Lipinski definition) is 1. The normalized spacial score (nSPS) is 42.6. The lowest BCUT2D eigenvalue weighted by Crippen LogP contribution is -2.19. The van der Waals surface area contributed by atoms with Crippen LogP contribution in [0.15, 0.2) is 35.5 Å². The predicted octanol–water partition coefficient (Wildman–Crippen LogP) is 0.765. The second-order valence-corrected chi connectivity index (χ2v) is 3.54. The van der Waals surface area contributed by atoms with E-state index in [0.29, 0.717) is 5.92 Å². The van der Waals surface area contributed by atoms with E-state index >= 15 is 0 Å². The molecule has 1 fully saturated rings. The summed E-state index contributed by atoms with van der Waals surface area (Å²) >= 11 is 0. The van der Waals surface area contributed by atoms with Crippen molar-refractivity contribution in [1.29, 1.82) is 0 Å². The Kier molecular flexibility index (Phi) is 1.15. The fourth-order valence-corrected chi connectivity index (χ4v) is 2.08. The first-order chi connectivity index (χ1) is 5.88. The van der Waals surface area contributed by atoms with Crippen molar-refractivity contribution in [1.82, 2.24) is 0 Å². The van der Waals surface area contributed by atoms with E-state index in [4.69, 9.17) is 10.5 Å². The maximum absolute atomic E-state index is 5.88. The minimum Gasteiger partial charge on any atom is -0.369 e. The van der Waals surface area contributed by atoms with Gasteiger partial charge in [-0.2, -0.15) is 0 Å². The Balaban J connectivity index is 2.07. The zero-order valence-corrected chi connectivity index (χ0v) is 6.73. The lowest BCUT2D eigenvalue weighted by molar-refractivity contribution is 0.0937. The molecule has 0 aromatic heterocycles. The first kappa shape index (κ1) is 6.63. The molecule has 0 amide bonds. The number of ether oxygens (including phenoxy) is 1. The summed E-state index contributed by atoms with van der Waals surface area (Å²) < 4.78 is 5.63. The first-order valence-electron chi connectivity index (χ1n) is 4.34. The molecule has 1 saturated carbocycles. The Labute approximate surface area is 71.4 Å². The summed E-state index contributed by atoms with van der Waals surface area (Å²) in [7, 11) is 0. The number of fused-ring (bicyclic) bond motifs is 2. The van der Waals surface area contributed by atoms with Crippen LogP contribution in [0, 0.1) is 5.92 Å². The Morgan fingerprint density at radius 1 is 1.42 bits per heavy atom. The average molecular weight is 161 g/mol. The molecule has 1 heterocycles. The van der Waals surface area contributed by atoms with Crippen molar-refractivity contribution in [3.63, 3.8) is 0 Å². The highest BCUT2D eigenvalue weighted by molar-refractivity contribution is 5.50. The van der Waals surface area contributed by atoms with Crippen LogP contribution in [0.4, 0.5) is 0 Å². The molecule has 2 N–H and O–H groups in total. The van der Waals surface area contributed by atoms with Gasteiger partial charge in [-0.3, -0.25) is 0 Å². The largest absolute Gasteiger partial charge is 0.369 e. The Bertz CT molecular complexity index is 314. The molecule has 12 heavy (non-hydrogen) atoms. The molecular weight excluding hydrogens is 150 g/mol. The van der Waals surface area contributed by atoms with Crippen LogP contribution in [0.25, 0.3) is 0 Å². The lowest BCUT2D eigenvalue weighted by Gasteiger charge is -2.20. The number of nitrogens with two attached hydrogens (primary N) is 1. The van der Waals surface area contributed by atoms with Gasteiger partial charge in [-0.05, 0) is 11.1 Å². The molecule has 3 aliphatic rings. The molecule has 1 aliphatic heterocycles. The van der Waals surface area contributed by atoms with Crippen molar-refractivity contribution in [3.8, 4) is 0 Å². The van der Waals surface area contributed by atoms with Gasteiger partial charge >= 0.3 is 0 Å². The second-order valence-electron chi connectivity index (χ2n) is 3.54. The monoisotopic (exact) mass is 161 g/mol. The molecule has 0 aromatic carbocycles. The van der Waals surface area contributed by atoms with Crippen molar-refractivity contribution in [3.05, 3.63) is 35.5 Å². The van der Waals surface area contributed by atoms with E-state index in [9.17, 15) is 0 Å². The van der Waals surface area contributed by atoms with Gasteiger partial charge in [-0.25, -0.2) is 0 Å². The quantitative estimate of drug-likeness (QED) is 0.569. The van der Waals surface area contributed by atoms with Crippen LogP contribution < -0.4 is 5.73 Å². The summed E-state index contributed by atoms with van der Waals surface area (Å²) in [5, 5.41) is 0. The van der Waals surface area contributed by atoms with Gasteiger partial charge in [0, 0.05) is 12.0 Å². The molecular formula is C10H11NO. The van der Waals surface area contributed by atoms with Crippen molar-refractivity contribution in [2.24, 2.45) is 11.7 Å². The van der Waals surface area contributed by atoms with E-state index in [1.54, 1.807) is 0 Å². The van der Waals surface area contributed by atoms with Gasteiger partial charge in [-0.1, -0.05) is 24.3 Å². The van der Waals surface area contributed by atoms with E-state index in [-0.39, 0.29) is 12.1 Å². The molecule has 62 valence electrons. The Morgan fingerprint density at radius 3 is 3.25 bits per heavy atom. The molecule has 3 unspecified atom stereocenters. The lowest BCUT2D eigenvalue weighted by atomic mass is 10.0. The SMILES string of the molecule is NC1C2=C3C=CC=CC3OCC21. The smallest absolute Gasteiger partial charge is 0.101 e. The molecule has 2 heteroatoms. The minimum atomic E-state index is 0.190. The minimum absolute atomic E-state index is 0.190. The van der Waals surface area contributed by atoms with Crippen molar-refractivity contribution < 1.29 is 4.74 Å². The molecule has 0 spiro atoms. The van der Waals surface area contributed by atoms with Crippen LogP contribution in [0.2, 0.25) is 0 Å². The average Bonchev–Trinajstić information content (AvgIpc) is 2.78. The summed E-state index contributed by atoms with van der Waals surface area (Å²) in [6.07, 6.45) is 8.48. The van der Waals surface area contributed by atoms with Crippen LogP contribution >= 0.6 is 0 Å². The maximum atomic E-state index is 5.88.